The number of hydrogen-bond acceptors (Lipinski definition) is 7. The van der Waals surface area contributed by atoms with Crippen molar-refractivity contribution in [2.45, 2.75) is 30.3 Å². The minimum Gasteiger partial charge on any atom is -0.494 e. The van der Waals surface area contributed by atoms with Gasteiger partial charge in [-0.3, -0.25) is 4.90 Å². The predicted molar refractivity (Wildman–Crippen MR) is 111 cm³/mol. The molecular weight excluding hydrogens is 384 g/mol. The molecule has 160 valence electrons. The first-order valence-corrected chi connectivity index (χ1v) is 10.7. The zero-order chi connectivity index (χ0) is 20.6. The molecule has 7 nitrogen and oxygen atoms in total. The van der Waals surface area contributed by atoms with Crippen LogP contribution >= 0.6 is 0 Å². The van der Waals surface area contributed by atoms with Gasteiger partial charge in [-0.1, -0.05) is 11.6 Å². The zero-order valence-corrected chi connectivity index (χ0v) is 17.9. The van der Waals surface area contributed by atoms with E-state index in [4.69, 9.17) is 28.7 Å². The fraction of sp³-hybridized carbons (Fsp3) is 0.609. The number of ether oxygens (including phenoxy) is 5. The standard InChI is InChI=1S/C23H28N2O5/c1-26-6-5-12-10-25-15-9-23-18(25)7-13(12)14(15)11-30-22(23)24-20-16(27-2)8-17(28-3)21(29-4)19(20)23/h5,8,13-15,18H,6-7,9-11H2,1-4H3/b12-5+/t13-,14-,15-,18?,23?/m0/s1. The van der Waals surface area contributed by atoms with Crippen molar-refractivity contribution in [3.63, 3.8) is 0 Å². The second-order valence-electron chi connectivity index (χ2n) is 8.94. The Morgan fingerprint density at radius 2 is 2.03 bits per heavy atom. The molecule has 6 aliphatic heterocycles. The van der Waals surface area contributed by atoms with Gasteiger partial charge in [-0.25, -0.2) is 4.99 Å². The van der Waals surface area contributed by atoms with E-state index in [2.05, 4.69) is 11.0 Å². The third kappa shape index (κ3) is 2.05. The van der Waals surface area contributed by atoms with Crippen LogP contribution in [0.4, 0.5) is 5.69 Å². The highest BCUT2D eigenvalue weighted by atomic mass is 16.5. The molecule has 1 aromatic carbocycles. The van der Waals surface area contributed by atoms with Crippen molar-refractivity contribution in [3.05, 3.63) is 23.3 Å². The van der Waals surface area contributed by atoms with Crippen LogP contribution in [0.15, 0.2) is 22.7 Å². The first kappa shape index (κ1) is 18.5. The number of methoxy groups -OCH3 is 4. The van der Waals surface area contributed by atoms with Gasteiger partial charge in [-0.15, -0.1) is 0 Å². The van der Waals surface area contributed by atoms with Gasteiger partial charge in [0.2, 0.25) is 5.90 Å². The molecule has 7 heteroatoms. The fourth-order valence-corrected chi connectivity index (χ4v) is 6.91. The molecule has 1 spiro atoms. The highest BCUT2D eigenvalue weighted by Gasteiger charge is 2.70. The molecule has 0 aromatic heterocycles. The first-order chi connectivity index (χ1) is 14.7. The van der Waals surface area contributed by atoms with Crippen LogP contribution in [0.5, 0.6) is 17.2 Å². The lowest BCUT2D eigenvalue weighted by Crippen LogP contribution is -2.61. The molecule has 0 amide bonds. The van der Waals surface area contributed by atoms with E-state index < -0.39 is 0 Å². The first-order valence-electron chi connectivity index (χ1n) is 10.7. The van der Waals surface area contributed by atoms with E-state index >= 15 is 0 Å². The average molecular weight is 412 g/mol. The van der Waals surface area contributed by atoms with Crippen LogP contribution in [-0.4, -0.2) is 71.1 Å². The van der Waals surface area contributed by atoms with Crippen molar-refractivity contribution >= 4 is 11.6 Å². The minimum atomic E-state index is -0.302. The number of fused-ring (bicyclic) bond motifs is 2. The normalized spacial score (nSPS) is 38.1. The molecule has 6 atom stereocenters. The summed E-state index contributed by atoms with van der Waals surface area (Å²) in [6.45, 7) is 2.39. The van der Waals surface area contributed by atoms with Gasteiger partial charge in [0.1, 0.15) is 11.4 Å². The van der Waals surface area contributed by atoms with E-state index in [-0.39, 0.29) is 5.41 Å². The zero-order valence-electron chi connectivity index (χ0n) is 17.9. The number of piperidine rings is 3. The van der Waals surface area contributed by atoms with Gasteiger partial charge in [0.15, 0.2) is 11.5 Å². The maximum Gasteiger partial charge on any atom is 0.201 e. The van der Waals surface area contributed by atoms with Gasteiger partial charge in [0.05, 0.1) is 40.0 Å². The minimum absolute atomic E-state index is 0.302. The molecule has 7 rings (SSSR count). The van der Waals surface area contributed by atoms with Crippen molar-refractivity contribution in [2.24, 2.45) is 16.8 Å². The summed E-state index contributed by atoms with van der Waals surface area (Å²) in [6.07, 6.45) is 4.40. The van der Waals surface area contributed by atoms with Crippen LogP contribution < -0.4 is 14.2 Å². The van der Waals surface area contributed by atoms with Gasteiger partial charge in [0, 0.05) is 43.3 Å². The lowest BCUT2D eigenvalue weighted by atomic mass is 9.68. The summed E-state index contributed by atoms with van der Waals surface area (Å²) < 4.78 is 29.1. The Morgan fingerprint density at radius 1 is 1.20 bits per heavy atom. The van der Waals surface area contributed by atoms with Crippen molar-refractivity contribution in [3.8, 4) is 17.2 Å². The highest BCUT2D eigenvalue weighted by Crippen LogP contribution is 2.66. The lowest BCUT2D eigenvalue weighted by Gasteiger charge is -2.54. The molecule has 0 radical (unpaired) electrons. The topological polar surface area (TPSA) is 61.8 Å². The maximum absolute atomic E-state index is 6.46. The van der Waals surface area contributed by atoms with E-state index in [1.165, 1.54) is 5.57 Å². The molecule has 5 saturated heterocycles. The van der Waals surface area contributed by atoms with E-state index in [0.29, 0.717) is 48.6 Å². The van der Waals surface area contributed by atoms with Gasteiger partial charge >= 0.3 is 0 Å². The van der Waals surface area contributed by atoms with Crippen LogP contribution in [0.25, 0.3) is 0 Å². The number of hydrogen-bond donors (Lipinski definition) is 0. The number of nitrogens with zero attached hydrogens (tertiary/aromatic N) is 2. The molecule has 5 bridgehead atoms. The van der Waals surface area contributed by atoms with E-state index in [0.717, 1.165) is 42.3 Å². The average Bonchev–Trinajstić information content (AvgIpc) is 3.14. The lowest BCUT2D eigenvalue weighted by molar-refractivity contribution is -0.0156. The smallest absolute Gasteiger partial charge is 0.201 e. The van der Waals surface area contributed by atoms with Gasteiger partial charge in [-0.2, -0.15) is 0 Å². The Balaban J connectivity index is 1.54. The number of rotatable bonds is 5. The summed E-state index contributed by atoms with van der Waals surface area (Å²) in [4.78, 5) is 7.70. The Labute approximate surface area is 176 Å². The van der Waals surface area contributed by atoms with Crippen LogP contribution in [-0.2, 0) is 14.9 Å². The van der Waals surface area contributed by atoms with Crippen LogP contribution in [0.3, 0.4) is 0 Å². The van der Waals surface area contributed by atoms with Gasteiger partial charge in [-0.05, 0) is 18.8 Å². The van der Waals surface area contributed by atoms with Gasteiger partial charge < -0.3 is 23.7 Å². The Bertz CT molecular complexity index is 973. The SMILES string of the molecule is COC/C=C1\CN2C3C[C@@H]1[C@@H]1COC4=Nc5c(OC)cc(OC)c(OC)c5C43C[C@@H]12. The highest BCUT2D eigenvalue weighted by molar-refractivity contribution is 6.01. The summed E-state index contributed by atoms with van der Waals surface area (Å²) in [5.74, 6) is 4.03. The Kier molecular flexibility index (Phi) is 3.93. The van der Waals surface area contributed by atoms with Crippen molar-refractivity contribution in [1.29, 1.82) is 0 Å². The second-order valence-corrected chi connectivity index (χ2v) is 8.94. The van der Waals surface area contributed by atoms with E-state index in [9.17, 15) is 0 Å². The number of benzene rings is 1. The van der Waals surface area contributed by atoms with E-state index in [1.807, 2.05) is 6.07 Å². The third-order valence-corrected chi connectivity index (χ3v) is 8.05. The number of aliphatic imine (C=N–C) groups is 1. The van der Waals surface area contributed by atoms with Crippen molar-refractivity contribution in [1.82, 2.24) is 4.90 Å². The molecule has 0 saturated carbocycles. The molecule has 0 aliphatic carbocycles. The molecule has 1 aromatic rings. The maximum atomic E-state index is 6.46. The molecule has 6 heterocycles. The largest absolute Gasteiger partial charge is 0.494 e. The monoisotopic (exact) mass is 412 g/mol. The summed E-state index contributed by atoms with van der Waals surface area (Å²) in [5.41, 5.74) is 3.12. The summed E-state index contributed by atoms with van der Waals surface area (Å²) in [5, 5.41) is 0. The van der Waals surface area contributed by atoms with E-state index in [1.54, 1.807) is 28.4 Å². The Morgan fingerprint density at radius 3 is 2.77 bits per heavy atom. The molecular formula is C23H28N2O5. The molecule has 6 aliphatic rings. The molecule has 3 unspecified atom stereocenters. The van der Waals surface area contributed by atoms with Gasteiger partial charge in [0.25, 0.3) is 0 Å². The predicted octanol–water partition coefficient (Wildman–Crippen LogP) is 2.69. The van der Waals surface area contributed by atoms with Crippen LogP contribution in [0, 0.1) is 11.8 Å². The van der Waals surface area contributed by atoms with Crippen molar-refractivity contribution in [2.75, 3.05) is 48.2 Å². The third-order valence-electron chi connectivity index (χ3n) is 8.05. The second kappa shape index (κ2) is 6.37. The molecule has 5 fully saturated rings. The quantitative estimate of drug-likeness (QED) is 0.693. The molecule has 30 heavy (non-hydrogen) atoms. The van der Waals surface area contributed by atoms with Crippen molar-refractivity contribution < 1.29 is 23.7 Å². The Hall–Kier alpha value is -2.25. The fourth-order valence-electron chi connectivity index (χ4n) is 6.91. The molecule has 0 N–H and O–H groups in total. The summed E-state index contributed by atoms with van der Waals surface area (Å²) in [6, 6.07) is 2.70. The summed E-state index contributed by atoms with van der Waals surface area (Å²) in [7, 11) is 6.81. The van der Waals surface area contributed by atoms with Crippen LogP contribution in [0.1, 0.15) is 18.4 Å². The summed E-state index contributed by atoms with van der Waals surface area (Å²) >= 11 is 0. The van der Waals surface area contributed by atoms with Crippen LogP contribution in [0.2, 0.25) is 0 Å².